The largest absolute Gasteiger partial charge is 0.480 e. The molecule has 4 unspecified atom stereocenters. The van der Waals surface area contributed by atoms with Crippen molar-refractivity contribution in [2.24, 2.45) is 22.9 Å². The molecule has 0 bridgehead atoms. The van der Waals surface area contributed by atoms with Gasteiger partial charge in [0.05, 0.1) is 6.61 Å². The van der Waals surface area contributed by atoms with Gasteiger partial charge in [-0.1, -0.05) is 0 Å². The van der Waals surface area contributed by atoms with E-state index in [9.17, 15) is 29.1 Å². The normalized spacial score (nSPS) is 14.4. The summed E-state index contributed by atoms with van der Waals surface area (Å²) in [6, 6.07) is -4.84. The first-order chi connectivity index (χ1) is 16.1. The van der Waals surface area contributed by atoms with E-state index in [2.05, 4.69) is 16.0 Å². The van der Waals surface area contributed by atoms with E-state index in [4.69, 9.17) is 28.0 Å². The third-order valence-corrected chi connectivity index (χ3v) is 4.99. The van der Waals surface area contributed by atoms with Crippen LogP contribution in [0.2, 0.25) is 0 Å². The molecule has 0 aromatic heterocycles. The second kappa shape index (κ2) is 17.6. The number of rotatable bonds is 19. The maximum atomic E-state index is 12.9. The number of unbranched alkanes of at least 4 members (excludes halogenated alkanes) is 2. The SMILES string of the molecule is NCCCCC(NC(=O)C(CCCCN)NC(=O)C(CCC(N)=O)NC(=O)C(N)CO)C(=O)O. The summed E-state index contributed by atoms with van der Waals surface area (Å²) in [5, 5.41) is 25.7. The Morgan fingerprint density at radius 2 is 1.15 bits per heavy atom. The van der Waals surface area contributed by atoms with Crippen LogP contribution < -0.4 is 38.9 Å². The second-order valence-corrected chi connectivity index (χ2v) is 7.88. The molecule has 0 radical (unpaired) electrons. The molecular formula is C20H39N7O7. The van der Waals surface area contributed by atoms with Gasteiger partial charge in [-0.2, -0.15) is 0 Å². The lowest BCUT2D eigenvalue weighted by Gasteiger charge is -2.25. The lowest BCUT2D eigenvalue weighted by atomic mass is 10.0. The number of carbonyl (C=O) groups excluding carboxylic acids is 4. The Balaban J connectivity index is 5.47. The number of hydrogen-bond donors (Lipinski definition) is 9. The number of primary amides is 1. The molecule has 0 aliphatic rings. The number of aliphatic hydroxyl groups excluding tert-OH is 1. The van der Waals surface area contributed by atoms with Gasteiger partial charge in [-0.05, 0) is 58.0 Å². The van der Waals surface area contributed by atoms with Gasteiger partial charge in [-0.3, -0.25) is 19.2 Å². The van der Waals surface area contributed by atoms with Crippen molar-refractivity contribution in [1.82, 2.24) is 16.0 Å². The molecule has 4 atom stereocenters. The van der Waals surface area contributed by atoms with Crippen LogP contribution in [-0.2, 0) is 24.0 Å². The van der Waals surface area contributed by atoms with Gasteiger partial charge in [0.2, 0.25) is 23.6 Å². The fourth-order valence-corrected chi connectivity index (χ4v) is 2.97. The third kappa shape index (κ3) is 13.0. The van der Waals surface area contributed by atoms with Crippen molar-refractivity contribution >= 4 is 29.6 Å². The number of carbonyl (C=O) groups is 5. The summed E-state index contributed by atoms with van der Waals surface area (Å²) in [5.74, 6) is -4.26. The number of aliphatic hydroxyl groups is 1. The maximum Gasteiger partial charge on any atom is 0.326 e. The van der Waals surface area contributed by atoms with E-state index in [1.54, 1.807) is 0 Å². The van der Waals surface area contributed by atoms with Gasteiger partial charge in [0.25, 0.3) is 0 Å². The molecule has 0 rings (SSSR count). The van der Waals surface area contributed by atoms with Crippen LogP contribution in [0.4, 0.5) is 0 Å². The summed E-state index contributed by atoms with van der Waals surface area (Å²) in [7, 11) is 0. The Morgan fingerprint density at radius 1 is 0.706 bits per heavy atom. The summed E-state index contributed by atoms with van der Waals surface area (Å²) in [6.45, 7) is 0.0761. The molecule has 0 saturated heterocycles. The molecule has 4 amide bonds. The molecule has 0 fully saturated rings. The third-order valence-electron chi connectivity index (χ3n) is 4.99. The van der Waals surface area contributed by atoms with Crippen molar-refractivity contribution in [2.45, 2.75) is 75.5 Å². The van der Waals surface area contributed by atoms with E-state index < -0.39 is 60.4 Å². The predicted octanol–water partition coefficient (Wildman–Crippen LogP) is -3.63. The summed E-state index contributed by atoms with van der Waals surface area (Å²) < 4.78 is 0. The molecule has 0 spiro atoms. The molecule has 0 aromatic carbocycles. The highest BCUT2D eigenvalue weighted by molar-refractivity contribution is 5.94. The Hall–Kier alpha value is -2.81. The molecule has 14 heteroatoms. The maximum absolute atomic E-state index is 12.9. The van der Waals surface area contributed by atoms with Crippen LogP contribution in [0, 0.1) is 0 Å². The minimum Gasteiger partial charge on any atom is -0.480 e. The van der Waals surface area contributed by atoms with Crippen LogP contribution in [0.3, 0.4) is 0 Å². The van der Waals surface area contributed by atoms with Crippen molar-refractivity contribution in [3.05, 3.63) is 0 Å². The number of hydrogen-bond acceptors (Lipinski definition) is 9. The molecule has 0 aromatic rings. The average Bonchev–Trinajstić information content (AvgIpc) is 2.79. The second-order valence-electron chi connectivity index (χ2n) is 7.88. The average molecular weight is 490 g/mol. The van der Waals surface area contributed by atoms with Crippen molar-refractivity contribution in [3.63, 3.8) is 0 Å². The molecule has 14 nitrogen and oxygen atoms in total. The zero-order chi connectivity index (χ0) is 26.1. The smallest absolute Gasteiger partial charge is 0.326 e. The Kier molecular flexibility index (Phi) is 16.2. The zero-order valence-corrected chi connectivity index (χ0v) is 19.3. The van der Waals surface area contributed by atoms with Crippen molar-refractivity contribution in [2.75, 3.05) is 19.7 Å². The van der Waals surface area contributed by atoms with Crippen LogP contribution in [0.15, 0.2) is 0 Å². The predicted molar refractivity (Wildman–Crippen MR) is 123 cm³/mol. The van der Waals surface area contributed by atoms with Crippen molar-refractivity contribution in [3.8, 4) is 0 Å². The van der Waals surface area contributed by atoms with Crippen molar-refractivity contribution in [1.29, 1.82) is 0 Å². The quantitative estimate of drug-likeness (QED) is 0.0803. The number of nitrogens with one attached hydrogen (secondary N) is 3. The number of amides is 4. The number of aliphatic carboxylic acids is 1. The Bertz CT molecular complexity index is 678. The molecule has 0 heterocycles. The van der Waals surface area contributed by atoms with E-state index in [0.717, 1.165) is 0 Å². The summed E-state index contributed by atoms with van der Waals surface area (Å²) in [6.07, 6.45) is 2.03. The van der Waals surface area contributed by atoms with E-state index >= 15 is 0 Å². The van der Waals surface area contributed by atoms with Crippen molar-refractivity contribution < 1.29 is 34.2 Å². The van der Waals surface area contributed by atoms with E-state index in [-0.39, 0.29) is 25.7 Å². The highest BCUT2D eigenvalue weighted by Gasteiger charge is 2.30. The lowest BCUT2D eigenvalue weighted by Crippen LogP contribution is -2.57. The van der Waals surface area contributed by atoms with Gasteiger partial charge in [0.15, 0.2) is 0 Å². The lowest BCUT2D eigenvalue weighted by molar-refractivity contribution is -0.142. The van der Waals surface area contributed by atoms with Crippen LogP contribution in [0.1, 0.15) is 51.4 Å². The summed E-state index contributed by atoms with van der Waals surface area (Å²) in [5.41, 5.74) is 21.5. The fraction of sp³-hybridized carbons (Fsp3) is 0.750. The summed E-state index contributed by atoms with van der Waals surface area (Å²) in [4.78, 5) is 60.4. The first-order valence-electron chi connectivity index (χ1n) is 11.3. The fourth-order valence-electron chi connectivity index (χ4n) is 2.97. The standard InChI is InChI=1S/C20H39N7O7/c21-9-3-1-5-13(18(31)27-15(20(33)34)6-2-4-10-22)26-19(32)14(7-8-16(24)29)25-17(30)12(23)11-28/h12-15,28H,1-11,21-23H2,(H2,24,29)(H,25,30)(H,26,32)(H,27,31)(H,33,34). The van der Waals surface area contributed by atoms with E-state index in [0.29, 0.717) is 38.8 Å². The minimum atomic E-state index is -1.29. The molecule has 34 heavy (non-hydrogen) atoms. The number of nitrogens with two attached hydrogens (primary N) is 4. The monoisotopic (exact) mass is 489 g/mol. The minimum absolute atomic E-state index is 0.163. The van der Waals surface area contributed by atoms with Crippen LogP contribution in [0.25, 0.3) is 0 Å². The van der Waals surface area contributed by atoms with E-state index in [1.807, 2.05) is 0 Å². The highest BCUT2D eigenvalue weighted by Crippen LogP contribution is 2.07. The topological polar surface area (TPSA) is 266 Å². The summed E-state index contributed by atoms with van der Waals surface area (Å²) >= 11 is 0. The van der Waals surface area contributed by atoms with Gasteiger partial charge >= 0.3 is 5.97 Å². The van der Waals surface area contributed by atoms with Crippen LogP contribution in [-0.4, -0.2) is 83.7 Å². The van der Waals surface area contributed by atoms with Gasteiger partial charge in [0, 0.05) is 6.42 Å². The first kappa shape index (κ1) is 31.2. The Labute approximate surface area is 198 Å². The van der Waals surface area contributed by atoms with Crippen LogP contribution in [0.5, 0.6) is 0 Å². The molecule has 13 N–H and O–H groups in total. The van der Waals surface area contributed by atoms with Gasteiger partial charge in [0.1, 0.15) is 24.2 Å². The first-order valence-corrected chi connectivity index (χ1v) is 11.3. The molecule has 0 aliphatic heterocycles. The number of carboxylic acids is 1. The molecule has 196 valence electrons. The van der Waals surface area contributed by atoms with Gasteiger partial charge in [-0.15, -0.1) is 0 Å². The van der Waals surface area contributed by atoms with Gasteiger partial charge in [-0.25, -0.2) is 4.79 Å². The molecular weight excluding hydrogens is 450 g/mol. The molecule has 0 aliphatic carbocycles. The van der Waals surface area contributed by atoms with Crippen LogP contribution >= 0.6 is 0 Å². The number of carboxylic acid groups (broad SMARTS) is 1. The highest BCUT2D eigenvalue weighted by atomic mass is 16.4. The Morgan fingerprint density at radius 3 is 1.59 bits per heavy atom. The van der Waals surface area contributed by atoms with E-state index in [1.165, 1.54) is 0 Å². The van der Waals surface area contributed by atoms with Gasteiger partial charge < -0.3 is 49.1 Å². The molecule has 0 saturated carbocycles. The zero-order valence-electron chi connectivity index (χ0n) is 19.3.